The standard InChI is InChI=1S/C16H17ClN2O2/c1-3-19-16(20)11-5-6-13(18)15(9-11)21-14-7-4-10(2)8-12(14)17/h4-9H,3,18H2,1-2H3,(H,19,20). The Morgan fingerprint density at radius 2 is 2.00 bits per heavy atom. The molecule has 0 fully saturated rings. The molecule has 2 aromatic rings. The monoisotopic (exact) mass is 304 g/mol. The molecule has 0 saturated heterocycles. The van der Waals surface area contributed by atoms with E-state index in [4.69, 9.17) is 22.1 Å². The maximum atomic E-state index is 11.8. The third-order valence-electron chi connectivity index (χ3n) is 2.92. The first-order chi connectivity index (χ1) is 10.0. The number of anilines is 1. The van der Waals surface area contributed by atoms with Crippen LogP contribution in [0.1, 0.15) is 22.8 Å². The molecule has 110 valence electrons. The number of halogens is 1. The summed E-state index contributed by atoms with van der Waals surface area (Å²) in [5.41, 5.74) is 7.86. The van der Waals surface area contributed by atoms with E-state index in [2.05, 4.69) is 5.32 Å². The van der Waals surface area contributed by atoms with Crippen LogP contribution in [0.15, 0.2) is 36.4 Å². The number of hydrogen-bond acceptors (Lipinski definition) is 3. The summed E-state index contributed by atoms with van der Waals surface area (Å²) in [6.07, 6.45) is 0. The molecule has 0 atom stereocenters. The zero-order valence-corrected chi connectivity index (χ0v) is 12.7. The van der Waals surface area contributed by atoms with Gasteiger partial charge in [-0.15, -0.1) is 0 Å². The maximum absolute atomic E-state index is 11.8. The molecule has 2 aromatic carbocycles. The molecule has 0 radical (unpaired) electrons. The average molecular weight is 305 g/mol. The predicted octanol–water partition coefficient (Wildman–Crippen LogP) is 3.77. The van der Waals surface area contributed by atoms with Crippen LogP contribution in [0.3, 0.4) is 0 Å². The third kappa shape index (κ3) is 3.67. The van der Waals surface area contributed by atoms with Crippen LogP contribution in [0.2, 0.25) is 5.02 Å². The second-order valence-corrected chi connectivity index (χ2v) is 5.06. The minimum Gasteiger partial charge on any atom is -0.454 e. The summed E-state index contributed by atoms with van der Waals surface area (Å²) in [5.74, 6) is 0.740. The van der Waals surface area contributed by atoms with Crippen LogP contribution >= 0.6 is 11.6 Å². The highest BCUT2D eigenvalue weighted by Crippen LogP contribution is 2.33. The lowest BCUT2D eigenvalue weighted by Gasteiger charge is -2.12. The Hall–Kier alpha value is -2.20. The van der Waals surface area contributed by atoms with Gasteiger partial charge in [-0.3, -0.25) is 4.79 Å². The predicted molar refractivity (Wildman–Crippen MR) is 85.1 cm³/mol. The number of carbonyl (C=O) groups excluding carboxylic acids is 1. The van der Waals surface area contributed by atoms with Crippen LogP contribution in [0.25, 0.3) is 0 Å². The van der Waals surface area contributed by atoms with Crippen molar-refractivity contribution in [2.75, 3.05) is 12.3 Å². The van der Waals surface area contributed by atoms with Gasteiger partial charge in [0.05, 0.1) is 10.7 Å². The Labute approximate surface area is 128 Å². The van der Waals surface area contributed by atoms with Gasteiger partial charge in [0, 0.05) is 12.1 Å². The second-order valence-electron chi connectivity index (χ2n) is 4.65. The van der Waals surface area contributed by atoms with Crippen LogP contribution in [-0.2, 0) is 0 Å². The van der Waals surface area contributed by atoms with Crippen molar-refractivity contribution in [2.24, 2.45) is 0 Å². The van der Waals surface area contributed by atoms with E-state index in [0.29, 0.717) is 34.3 Å². The van der Waals surface area contributed by atoms with Crippen LogP contribution in [-0.4, -0.2) is 12.5 Å². The number of benzene rings is 2. The van der Waals surface area contributed by atoms with Crippen LogP contribution < -0.4 is 15.8 Å². The second kappa shape index (κ2) is 6.50. The molecule has 2 rings (SSSR count). The van der Waals surface area contributed by atoms with Gasteiger partial charge in [-0.25, -0.2) is 0 Å². The number of amides is 1. The van der Waals surface area contributed by atoms with E-state index in [1.165, 1.54) is 0 Å². The highest BCUT2D eigenvalue weighted by molar-refractivity contribution is 6.32. The molecule has 0 saturated carbocycles. The summed E-state index contributed by atoms with van der Waals surface area (Å²) < 4.78 is 5.73. The van der Waals surface area contributed by atoms with Gasteiger partial charge < -0.3 is 15.8 Å². The van der Waals surface area contributed by atoms with Crippen LogP contribution in [0.5, 0.6) is 11.5 Å². The van der Waals surface area contributed by atoms with Gasteiger partial charge >= 0.3 is 0 Å². The Kier molecular flexibility index (Phi) is 4.70. The van der Waals surface area contributed by atoms with Crippen molar-refractivity contribution in [1.29, 1.82) is 0 Å². The summed E-state index contributed by atoms with van der Waals surface area (Å²) in [5, 5.41) is 3.23. The van der Waals surface area contributed by atoms with E-state index in [-0.39, 0.29) is 5.91 Å². The van der Waals surface area contributed by atoms with E-state index in [1.54, 1.807) is 30.3 Å². The molecule has 0 bridgehead atoms. The van der Waals surface area contributed by atoms with Gasteiger partial charge in [-0.05, 0) is 49.7 Å². The fourth-order valence-corrected chi connectivity index (χ4v) is 2.11. The zero-order chi connectivity index (χ0) is 15.4. The quantitative estimate of drug-likeness (QED) is 0.845. The van der Waals surface area contributed by atoms with Gasteiger partial charge in [0.15, 0.2) is 5.75 Å². The SMILES string of the molecule is CCNC(=O)c1ccc(N)c(Oc2ccc(C)cc2Cl)c1. The molecule has 21 heavy (non-hydrogen) atoms. The molecule has 0 aromatic heterocycles. The number of hydrogen-bond donors (Lipinski definition) is 2. The summed E-state index contributed by atoms with van der Waals surface area (Å²) in [7, 11) is 0. The fourth-order valence-electron chi connectivity index (χ4n) is 1.83. The number of nitrogens with two attached hydrogens (primary N) is 1. The van der Waals surface area contributed by atoms with E-state index in [1.807, 2.05) is 19.9 Å². The first-order valence-electron chi connectivity index (χ1n) is 6.63. The molecule has 0 heterocycles. The van der Waals surface area contributed by atoms with Gasteiger partial charge in [-0.2, -0.15) is 0 Å². The topological polar surface area (TPSA) is 64.4 Å². The van der Waals surface area contributed by atoms with Gasteiger partial charge in [0.25, 0.3) is 5.91 Å². The van der Waals surface area contributed by atoms with Gasteiger partial charge in [0.2, 0.25) is 0 Å². The number of aryl methyl sites for hydroxylation is 1. The first-order valence-corrected chi connectivity index (χ1v) is 7.00. The Balaban J connectivity index is 2.30. The number of nitrogens with one attached hydrogen (secondary N) is 1. The molecule has 0 unspecified atom stereocenters. The molecular formula is C16H17ClN2O2. The van der Waals surface area contributed by atoms with Crippen molar-refractivity contribution in [3.05, 3.63) is 52.5 Å². The van der Waals surface area contributed by atoms with E-state index >= 15 is 0 Å². The van der Waals surface area contributed by atoms with E-state index in [0.717, 1.165) is 5.56 Å². The summed E-state index contributed by atoms with van der Waals surface area (Å²) >= 11 is 6.14. The molecule has 0 aliphatic heterocycles. The largest absolute Gasteiger partial charge is 0.454 e. The highest BCUT2D eigenvalue weighted by atomic mass is 35.5. The minimum atomic E-state index is -0.169. The molecule has 3 N–H and O–H groups in total. The molecular weight excluding hydrogens is 288 g/mol. The molecule has 1 amide bonds. The number of rotatable bonds is 4. The molecule has 4 nitrogen and oxygen atoms in total. The lowest BCUT2D eigenvalue weighted by molar-refractivity contribution is 0.0955. The minimum absolute atomic E-state index is 0.169. The number of ether oxygens (including phenoxy) is 1. The molecule has 0 aliphatic carbocycles. The average Bonchev–Trinajstić information content (AvgIpc) is 2.44. The summed E-state index contributed by atoms with van der Waals surface area (Å²) in [6, 6.07) is 10.4. The Morgan fingerprint density at radius 3 is 2.67 bits per heavy atom. The van der Waals surface area contributed by atoms with Crippen molar-refractivity contribution >= 4 is 23.2 Å². The van der Waals surface area contributed by atoms with Crippen molar-refractivity contribution in [3.8, 4) is 11.5 Å². The smallest absolute Gasteiger partial charge is 0.251 e. The molecule has 0 spiro atoms. The lowest BCUT2D eigenvalue weighted by atomic mass is 10.1. The lowest BCUT2D eigenvalue weighted by Crippen LogP contribution is -2.22. The molecule has 0 aliphatic rings. The van der Waals surface area contributed by atoms with E-state index in [9.17, 15) is 4.79 Å². The van der Waals surface area contributed by atoms with Gasteiger partial charge in [0.1, 0.15) is 5.75 Å². The fraction of sp³-hybridized carbons (Fsp3) is 0.188. The van der Waals surface area contributed by atoms with Crippen molar-refractivity contribution in [3.63, 3.8) is 0 Å². The van der Waals surface area contributed by atoms with Crippen LogP contribution in [0, 0.1) is 6.92 Å². The van der Waals surface area contributed by atoms with Gasteiger partial charge in [-0.1, -0.05) is 17.7 Å². The number of nitrogen functional groups attached to an aromatic ring is 1. The molecule has 5 heteroatoms. The third-order valence-corrected chi connectivity index (χ3v) is 3.22. The normalized spacial score (nSPS) is 10.2. The Bertz CT molecular complexity index is 671. The maximum Gasteiger partial charge on any atom is 0.251 e. The summed E-state index contributed by atoms with van der Waals surface area (Å²) in [6.45, 7) is 4.36. The van der Waals surface area contributed by atoms with E-state index < -0.39 is 0 Å². The zero-order valence-electron chi connectivity index (χ0n) is 11.9. The van der Waals surface area contributed by atoms with Crippen molar-refractivity contribution in [2.45, 2.75) is 13.8 Å². The summed E-state index contributed by atoms with van der Waals surface area (Å²) in [4.78, 5) is 11.8. The van der Waals surface area contributed by atoms with Crippen LogP contribution in [0.4, 0.5) is 5.69 Å². The van der Waals surface area contributed by atoms with Crippen molar-refractivity contribution < 1.29 is 9.53 Å². The number of carbonyl (C=O) groups is 1. The Morgan fingerprint density at radius 1 is 1.24 bits per heavy atom. The van der Waals surface area contributed by atoms with Crippen molar-refractivity contribution in [1.82, 2.24) is 5.32 Å². The first kappa shape index (κ1) is 15.2. The highest BCUT2D eigenvalue weighted by Gasteiger charge is 2.11.